The average molecular weight is 437 g/mol. The molecule has 31 heavy (non-hydrogen) atoms. The van der Waals surface area contributed by atoms with Crippen molar-refractivity contribution >= 4 is 39.6 Å². The number of ether oxygens (including phenoxy) is 1. The SMILES string of the molecule is COc1cnc2ccc(-c3[nH]nc4nc(N5C6CCC5CNC6)c(C)nc34)c(Cl)c2n1. The molecule has 2 saturated heterocycles. The first kappa shape index (κ1) is 18.7. The standard InChI is InChI=1S/C21H21ClN8O/c1-10-21(30-11-3-4-12(30)8-23-7-11)27-20-19(25-10)17(28-29-20)13-5-6-14-18(16(13)22)26-15(31-2)9-24-14/h5-6,9,11-12,23H,3-4,7-8H2,1-2H3,(H,27,28,29). The zero-order chi connectivity index (χ0) is 21.1. The maximum atomic E-state index is 6.73. The van der Waals surface area contributed by atoms with E-state index in [-0.39, 0.29) is 0 Å². The normalized spacial score (nSPS) is 20.7. The smallest absolute Gasteiger partial charge is 0.232 e. The number of halogens is 1. The molecule has 3 aromatic heterocycles. The maximum Gasteiger partial charge on any atom is 0.232 e. The van der Waals surface area contributed by atoms with Gasteiger partial charge in [0, 0.05) is 30.7 Å². The largest absolute Gasteiger partial charge is 0.480 e. The number of aromatic nitrogens is 6. The van der Waals surface area contributed by atoms with Crippen molar-refractivity contribution in [1.29, 1.82) is 0 Å². The third kappa shape index (κ3) is 2.84. The van der Waals surface area contributed by atoms with Crippen LogP contribution in [0.4, 0.5) is 5.82 Å². The van der Waals surface area contributed by atoms with E-state index < -0.39 is 0 Å². The maximum absolute atomic E-state index is 6.73. The van der Waals surface area contributed by atoms with Gasteiger partial charge in [0.05, 0.1) is 35.2 Å². The van der Waals surface area contributed by atoms with Gasteiger partial charge in [0.25, 0.3) is 0 Å². The molecule has 2 bridgehead atoms. The molecule has 0 aliphatic carbocycles. The predicted octanol–water partition coefficient (Wildman–Crippen LogP) is 2.87. The quantitative estimate of drug-likeness (QED) is 0.505. The number of aromatic amines is 1. The summed E-state index contributed by atoms with van der Waals surface area (Å²) >= 11 is 6.73. The minimum atomic E-state index is 0.409. The Hall–Kier alpha value is -3.04. The molecule has 1 aromatic carbocycles. The lowest BCUT2D eigenvalue weighted by molar-refractivity contribution is 0.397. The molecule has 2 atom stereocenters. The molecule has 4 aromatic rings. The number of fused-ring (bicyclic) bond motifs is 4. The van der Waals surface area contributed by atoms with Crippen LogP contribution in [-0.4, -0.2) is 62.4 Å². The van der Waals surface area contributed by atoms with E-state index in [4.69, 9.17) is 26.3 Å². The number of rotatable bonds is 3. The second-order valence-electron chi connectivity index (χ2n) is 8.06. The number of hydrogen-bond acceptors (Lipinski definition) is 8. The number of benzene rings is 1. The minimum Gasteiger partial charge on any atom is -0.480 e. The zero-order valence-corrected chi connectivity index (χ0v) is 17.9. The molecule has 0 radical (unpaired) electrons. The summed E-state index contributed by atoms with van der Waals surface area (Å²) in [4.78, 5) is 21.1. The molecule has 0 spiro atoms. The first-order valence-corrected chi connectivity index (χ1v) is 10.7. The molecule has 2 aliphatic rings. The summed E-state index contributed by atoms with van der Waals surface area (Å²) in [6.07, 6.45) is 3.93. The van der Waals surface area contributed by atoms with Gasteiger partial charge < -0.3 is 15.0 Å². The molecule has 2 fully saturated rings. The van der Waals surface area contributed by atoms with Crippen molar-refractivity contribution in [2.45, 2.75) is 31.8 Å². The van der Waals surface area contributed by atoms with Crippen molar-refractivity contribution in [2.75, 3.05) is 25.1 Å². The number of methoxy groups -OCH3 is 1. The van der Waals surface area contributed by atoms with Crippen LogP contribution in [0.5, 0.6) is 5.88 Å². The summed E-state index contributed by atoms with van der Waals surface area (Å²) in [6.45, 7) is 3.98. The van der Waals surface area contributed by atoms with Gasteiger partial charge >= 0.3 is 0 Å². The van der Waals surface area contributed by atoms with Crippen LogP contribution < -0.4 is 15.0 Å². The lowest BCUT2D eigenvalue weighted by Gasteiger charge is -2.36. The van der Waals surface area contributed by atoms with E-state index in [0.29, 0.717) is 45.2 Å². The van der Waals surface area contributed by atoms with Gasteiger partial charge in [-0.25, -0.2) is 19.9 Å². The van der Waals surface area contributed by atoms with Crippen LogP contribution in [0.15, 0.2) is 18.3 Å². The first-order valence-electron chi connectivity index (χ1n) is 10.4. The minimum absolute atomic E-state index is 0.409. The molecule has 2 unspecified atom stereocenters. The molecular formula is C21H21ClN8O. The molecule has 9 nitrogen and oxygen atoms in total. The highest BCUT2D eigenvalue weighted by Crippen LogP contribution is 2.37. The van der Waals surface area contributed by atoms with E-state index in [2.05, 4.69) is 30.4 Å². The molecule has 5 heterocycles. The molecule has 2 N–H and O–H groups in total. The van der Waals surface area contributed by atoms with Crippen molar-refractivity contribution in [3.8, 4) is 17.1 Å². The van der Waals surface area contributed by atoms with E-state index in [9.17, 15) is 0 Å². The van der Waals surface area contributed by atoms with Crippen molar-refractivity contribution in [1.82, 2.24) is 35.5 Å². The second-order valence-corrected chi connectivity index (χ2v) is 8.44. The van der Waals surface area contributed by atoms with E-state index in [0.717, 1.165) is 35.9 Å². The third-order valence-corrected chi connectivity index (χ3v) is 6.65. The first-order chi connectivity index (χ1) is 15.1. The van der Waals surface area contributed by atoms with Crippen molar-refractivity contribution in [3.63, 3.8) is 0 Å². The van der Waals surface area contributed by atoms with Crippen LogP contribution in [-0.2, 0) is 0 Å². The van der Waals surface area contributed by atoms with E-state index in [1.807, 2.05) is 19.1 Å². The number of anilines is 1. The molecule has 6 rings (SSSR count). The van der Waals surface area contributed by atoms with Gasteiger partial charge in [0.2, 0.25) is 11.5 Å². The fourth-order valence-corrected chi connectivity index (χ4v) is 5.08. The fourth-order valence-electron chi connectivity index (χ4n) is 4.79. The highest BCUT2D eigenvalue weighted by molar-refractivity contribution is 6.38. The Morgan fingerprint density at radius 1 is 1.10 bits per heavy atom. The third-order valence-electron chi connectivity index (χ3n) is 6.27. The Balaban J connectivity index is 1.48. The summed E-state index contributed by atoms with van der Waals surface area (Å²) in [5, 5.41) is 11.5. The number of hydrogen-bond donors (Lipinski definition) is 2. The zero-order valence-electron chi connectivity index (χ0n) is 17.2. The van der Waals surface area contributed by atoms with Gasteiger partial charge in [0.15, 0.2) is 5.82 Å². The van der Waals surface area contributed by atoms with Gasteiger partial charge in [-0.15, -0.1) is 0 Å². The lowest BCUT2D eigenvalue weighted by Crippen LogP contribution is -2.52. The van der Waals surface area contributed by atoms with Crippen LogP contribution in [0.25, 0.3) is 33.5 Å². The van der Waals surface area contributed by atoms with Crippen LogP contribution >= 0.6 is 11.6 Å². The number of aryl methyl sites for hydroxylation is 1. The molecule has 2 aliphatic heterocycles. The Kier molecular flexibility index (Phi) is 4.22. The van der Waals surface area contributed by atoms with Gasteiger partial charge in [-0.05, 0) is 31.9 Å². The lowest BCUT2D eigenvalue weighted by atomic mass is 10.1. The van der Waals surface area contributed by atoms with Crippen LogP contribution in [0.3, 0.4) is 0 Å². The predicted molar refractivity (Wildman–Crippen MR) is 119 cm³/mol. The van der Waals surface area contributed by atoms with Gasteiger partial charge in [-0.1, -0.05) is 11.6 Å². The van der Waals surface area contributed by atoms with Gasteiger partial charge in [-0.3, -0.25) is 5.10 Å². The Labute approximate surface area is 183 Å². The summed E-state index contributed by atoms with van der Waals surface area (Å²) < 4.78 is 5.20. The van der Waals surface area contributed by atoms with Crippen molar-refractivity contribution in [2.24, 2.45) is 0 Å². The van der Waals surface area contributed by atoms with Crippen molar-refractivity contribution < 1.29 is 4.74 Å². The Morgan fingerprint density at radius 3 is 2.68 bits per heavy atom. The van der Waals surface area contributed by atoms with Crippen LogP contribution in [0, 0.1) is 6.92 Å². The topological polar surface area (TPSA) is 105 Å². The summed E-state index contributed by atoms with van der Waals surface area (Å²) in [7, 11) is 1.55. The summed E-state index contributed by atoms with van der Waals surface area (Å²) in [5.74, 6) is 1.34. The number of piperazine rings is 1. The fraction of sp³-hybridized carbons (Fsp3) is 0.381. The summed E-state index contributed by atoms with van der Waals surface area (Å²) in [6, 6.07) is 4.71. The molecule has 0 amide bonds. The van der Waals surface area contributed by atoms with Crippen molar-refractivity contribution in [3.05, 3.63) is 29.0 Å². The van der Waals surface area contributed by atoms with Gasteiger partial charge in [-0.2, -0.15) is 5.10 Å². The van der Waals surface area contributed by atoms with E-state index in [1.54, 1.807) is 13.3 Å². The number of nitrogens with zero attached hydrogens (tertiary/aromatic N) is 6. The van der Waals surface area contributed by atoms with Gasteiger partial charge in [0.1, 0.15) is 11.0 Å². The monoisotopic (exact) mass is 436 g/mol. The van der Waals surface area contributed by atoms with Crippen LogP contribution in [0.1, 0.15) is 18.5 Å². The highest BCUT2D eigenvalue weighted by Gasteiger charge is 2.38. The van der Waals surface area contributed by atoms with Crippen LogP contribution in [0.2, 0.25) is 5.02 Å². The summed E-state index contributed by atoms with van der Waals surface area (Å²) in [5.41, 5.74) is 4.91. The highest BCUT2D eigenvalue weighted by atomic mass is 35.5. The Morgan fingerprint density at radius 2 is 1.90 bits per heavy atom. The van der Waals surface area contributed by atoms with E-state index in [1.165, 1.54) is 12.8 Å². The van der Waals surface area contributed by atoms with E-state index >= 15 is 0 Å². The molecule has 10 heteroatoms. The molecule has 0 saturated carbocycles. The molecule has 158 valence electrons. The average Bonchev–Trinajstić information content (AvgIpc) is 3.29. The second kappa shape index (κ2) is 7.00. The molecular weight excluding hydrogens is 416 g/mol. The Bertz CT molecular complexity index is 1310. The number of nitrogens with one attached hydrogen (secondary N) is 2. The number of H-pyrrole nitrogens is 1.